The van der Waals surface area contributed by atoms with Gasteiger partial charge in [-0.2, -0.15) is 5.10 Å². The maximum absolute atomic E-state index is 12.4. The number of halogens is 1. The van der Waals surface area contributed by atoms with Gasteiger partial charge in [-0.15, -0.1) is 0 Å². The van der Waals surface area contributed by atoms with Crippen LogP contribution in [-0.2, 0) is 0 Å². The number of aryl methyl sites for hydroxylation is 1. The predicted octanol–water partition coefficient (Wildman–Crippen LogP) is 4.75. The van der Waals surface area contributed by atoms with Crippen LogP contribution in [0.4, 0.5) is 0 Å². The van der Waals surface area contributed by atoms with E-state index in [-0.39, 0.29) is 11.7 Å². The van der Waals surface area contributed by atoms with Crippen molar-refractivity contribution in [1.82, 2.24) is 5.43 Å². The number of hydrazone groups is 1. The fraction of sp³-hybridized carbons (Fsp3) is 0.0870. The molecule has 0 fully saturated rings. The lowest BCUT2D eigenvalue weighted by atomic mass is 10.1. The van der Waals surface area contributed by atoms with Gasteiger partial charge in [-0.05, 0) is 60.5 Å². The number of amides is 1. The summed E-state index contributed by atoms with van der Waals surface area (Å²) in [6, 6.07) is 19.1. The number of methoxy groups -OCH3 is 1. The van der Waals surface area contributed by atoms with E-state index in [4.69, 9.17) is 9.47 Å². The van der Waals surface area contributed by atoms with E-state index in [1.54, 1.807) is 48.5 Å². The van der Waals surface area contributed by atoms with Crippen LogP contribution in [0, 0.1) is 6.92 Å². The number of ether oxygens (including phenoxy) is 2. The van der Waals surface area contributed by atoms with Gasteiger partial charge in [-0.1, -0.05) is 40.2 Å². The minimum Gasteiger partial charge on any atom is -0.493 e. The molecule has 0 heterocycles. The van der Waals surface area contributed by atoms with Crippen molar-refractivity contribution in [2.75, 3.05) is 7.11 Å². The summed E-state index contributed by atoms with van der Waals surface area (Å²) < 4.78 is 11.6. The third-order valence-electron chi connectivity index (χ3n) is 4.22. The monoisotopic (exact) mass is 466 g/mol. The minimum atomic E-state index is -0.499. The maximum atomic E-state index is 12.4. The second-order valence-electron chi connectivity index (χ2n) is 6.32. The highest BCUT2D eigenvalue weighted by Crippen LogP contribution is 2.28. The average Bonchev–Trinajstić information content (AvgIpc) is 2.74. The molecule has 0 unspecified atom stereocenters. The SMILES string of the molecule is COc1cc(/C=N/NC(=O)c2ccccc2C)ccc1OC(=O)c1cccc(Br)c1. The Balaban J connectivity index is 1.69. The quantitative estimate of drug-likeness (QED) is 0.246. The van der Waals surface area contributed by atoms with Crippen molar-refractivity contribution < 1.29 is 19.1 Å². The van der Waals surface area contributed by atoms with E-state index in [1.165, 1.54) is 13.3 Å². The summed E-state index contributed by atoms with van der Waals surface area (Å²) in [5, 5.41) is 3.99. The molecule has 1 N–H and O–H groups in total. The Hall–Kier alpha value is -3.45. The molecular weight excluding hydrogens is 448 g/mol. The summed E-state index contributed by atoms with van der Waals surface area (Å²) in [5.41, 5.74) is 5.00. The highest BCUT2D eigenvalue weighted by atomic mass is 79.9. The van der Waals surface area contributed by atoms with E-state index < -0.39 is 5.97 Å². The van der Waals surface area contributed by atoms with E-state index >= 15 is 0 Å². The number of nitrogens with zero attached hydrogens (tertiary/aromatic N) is 1. The van der Waals surface area contributed by atoms with Crippen molar-refractivity contribution in [3.8, 4) is 11.5 Å². The zero-order valence-corrected chi connectivity index (χ0v) is 18.0. The average molecular weight is 467 g/mol. The van der Waals surface area contributed by atoms with Crippen LogP contribution in [-0.4, -0.2) is 25.2 Å². The number of benzene rings is 3. The first-order valence-electron chi connectivity index (χ1n) is 9.03. The van der Waals surface area contributed by atoms with Gasteiger partial charge in [0.2, 0.25) is 0 Å². The van der Waals surface area contributed by atoms with Crippen LogP contribution in [0.25, 0.3) is 0 Å². The maximum Gasteiger partial charge on any atom is 0.343 e. The van der Waals surface area contributed by atoms with Crippen molar-refractivity contribution in [2.24, 2.45) is 5.10 Å². The van der Waals surface area contributed by atoms with Crippen LogP contribution in [0.5, 0.6) is 11.5 Å². The molecule has 0 aromatic heterocycles. The first-order chi connectivity index (χ1) is 14.5. The smallest absolute Gasteiger partial charge is 0.343 e. The molecule has 3 aromatic carbocycles. The molecule has 0 aliphatic heterocycles. The topological polar surface area (TPSA) is 77.0 Å². The summed E-state index contributed by atoms with van der Waals surface area (Å²) >= 11 is 3.33. The fourth-order valence-electron chi connectivity index (χ4n) is 2.68. The molecule has 0 bridgehead atoms. The molecule has 1 amide bonds. The van der Waals surface area contributed by atoms with Crippen LogP contribution >= 0.6 is 15.9 Å². The Morgan fingerprint density at radius 3 is 2.53 bits per heavy atom. The number of carbonyl (C=O) groups is 2. The predicted molar refractivity (Wildman–Crippen MR) is 118 cm³/mol. The fourth-order valence-corrected chi connectivity index (χ4v) is 3.08. The van der Waals surface area contributed by atoms with Gasteiger partial charge >= 0.3 is 5.97 Å². The number of nitrogens with one attached hydrogen (secondary N) is 1. The van der Waals surface area contributed by atoms with E-state index in [0.29, 0.717) is 22.4 Å². The Morgan fingerprint density at radius 1 is 1.00 bits per heavy atom. The molecule has 0 radical (unpaired) electrons. The molecule has 0 atom stereocenters. The molecule has 3 aromatic rings. The molecule has 30 heavy (non-hydrogen) atoms. The number of carbonyl (C=O) groups excluding carboxylic acids is 2. The Bertz CT molecular complexity index is 1110. The first-order valence-corrected chi connectivity index (χ1v) is 9.82. The molecule has 0 saturated heterocycles. The van der Waals surface area contributed by atoms with Gasteiger partial charge in [0.05, 0.1) is 18.9 Å². The van der Waals surface area contributed by atoms with Crippen LogP contribution < -0.4 is 14.9 Å². The number of hydrogen-bond acceptors (Lipinski definition) is 5. The Kier molecular flexibility index (Phi) is 6.98. The zero-order chi connectivity index (χ0) is 21.5. The number of hydrogen-bond donors (Lipinski definition) is 1. The zero-order valence-electron chi connectivity index (χ0n) is 16.4. The van der Waals surface area contributed by atoms with Crippen molar-refractivity contribution in [2.45, 2.75) is 6.92 Å². The van der Waals surface area contributed by atoms with Gasteiger partial charge in [0.15, 0.2) is 11.5 Å². The number of rotatable bonds is 6. The van der Waals surface area contributed by atoms with E-state index in [2.05, 4.69) is 26.5 Å². The molecule has 0 aliphatic rings. The van der Waals surface area contributed by atoms with Crippen LogP contribution in [0.15, 0.2) is 76.3 Å². The lowest BCUT2D eigenvalue weighted by Crippen LogP contribution is -2.18. The van der Waals surface area contributed by atoms with Crippen LogP contribution in [0.1, 0.15) is 31.8 Å². The van der Waals surface area contributed by atoms with Crippen molar-refractivity contribution in [3.05, 3.63) is 93.5 Å². The summed E-state index contributed by atoms with van der Waals surface area (Å²) in [6.07, 6.45) is 1.48. The van der Waals surface area contributed by atoms with E-state index in [0.717, 1.165) is 10.0 Å². The number of esters is 1. The summed E-state index contributed by atoms with van der Waals surface area (Å²) in [4.78, 5) is 24.6. The highest BCUT2D eigenvalue weighted by molar-refractivity contribution is 9.10. The molecule has 6 nitrogen and oxygen atoms in total. The van der Waals surface area contributed by atoms with Crippen molar-refractivity contribution in [1.29, 1.82) is 0 Å². The third kappa shape index (κ3) is 5.33. The van der Waals surface area contributed by atoms with Gasteiger partial charge in [-0.25, -0.2) is 10.2 Å². The summed E-state index contributed by atoms with van der Waals surface area (Å²) in [5.74, 6) is -0.145. The van der Waals surface area contributed by atoms with Gasteiger partial charge in [-0.3, -0.25) is 4.79 Å². The molecular formula is C23H19BrN2O4. The second kappa shape index (κ2) is 9.84. The minimum absolute atomic E-state index is 0.281. The van der Waals surface area contributed by atoms with Crippen molar-refractivity contribution >= 4 is 34.0 Å². The molecule has 0 saturated carbocycles. The molecule has 7 heteroatoms. The van der Waals surface area contributed by atoms with E-state index in [1.807, 2.05) is 25.1 Å². The normalized spacial score (nSPS) is 10.6. The Morgan fingerprint density at radius 2 is 1.80 bits per heavy atom. The lowest BCUT2D eigenvalue weighted by Gasteiger charge is -2.10. The summed E-state index contributed by atoms with van der Waals surface area (Å²) in [6.45, 7) is 1.86. The largest absolute Gasteiger partial charge is 0.493 e. The van der Waals surface area contributed by atoms with Crippen LogP contribution in [0.2, 0.25) is 0 Å². The first kappa shape index (κ1) is 21.3. The summed E-state index contributed by atoms with van der Waals surface area (Å²) in [7, 11) is 1.48. The van der Waals surface area contributed by atoms with Gasteiger partial charge < -0.3 is 9.47 Å². The Labute approximate surface area is 182 Å². The molecule has 3 rings (SSSR count). The molecule has 0 aliphatic carbocycles. The molecule has 0 spiro atoms. The van der Waals surface area contributed by atoms with Gasteiger partial charge in [0.25, 0.3) is 5.91 Å². The highest BCUT2D eigenvalue weighted by Gasteiger charge is 2.13. The van der Waals surface area contributed by atoms with Gasteiger partial charge in [0, 0.05) is 10.0 Å². The van der Waals surface area contributed by atoms with E-state index in [9.17, 15) is 9.59 Å². The van der Waals surface area contributed by atoms with Crippen LogP contribution in [0.3, 0.4) is 0 Å². The van der Waals surface area contributed by atoms with Crippen molar-refractivity contribution in [3.63, 3.8) is 0 Å². The third-order valence-corrected chi connectivity index (χ3v) is 4.71. The molecule has 152 valence electrons. The van der Waals surface area contributed by atoms with Gasteiger partial charge in [0.1, 0.15) is 0 Å². The lowest BCUT2D eigenvalue weighted by molar-refractivity contribution is 0.0729. The standard InChI is InChI=1S/C23H19BrN2O4/c1-15-6-3-4-9-19(15)22(27)26-25-14-16-10-11-20(21(12-16)29-2)30-23(28)17-7-5-8-18(24)13-17/h3-14H,1-2H3,(H,26,27)/b25-14+. The second-order valence-corrected chi connectivity index (χ2v) is 7.24.